The lowest BCUT2D eigenvalue weighted by Crippen LogP contribution is -2.54. The molecule has 7 nitrogen and oxygen atoms in total. The van der Waals surface area contributed by atoms with Crippen molar-refractivity contribution in [3.05, 3.63) is 78.5 Å². The molecule has 0 aliphatic rings. The Bertz CT molecular complexity index is 1350. The monoisotopic (exact) mass is 606 g/mol. The lowest BCUT2D eigenvalue weighted by molar-refractivity contribution is -0.153. The summed E-state index contributed by atoms with van der Waals surface area (Å²) in [5, 5.41) is 6.80. The van der Waals surface area contributed by atoms with Crippen LogP contribution in [0.1, 0.15) is 33.3 Å². The van der Waals surface area contributed by atoms with Crippen LogP contribution in [0.4, 0.5) is 5.69 Å². The fourth-order valence-corrected chi connectivity index (χ4v) is 4.25. The molecule has 0 radical (unpaired) electrons. The van der Waals surface area contributed by atoms with Gasteiger partial charge in [0.05, 0.1) is 16.6 Å². The van der Waals surface area contributed by atoms with Crippen molar-refractivity contribution in [3.8, 4) is 0 Å². The number of thioether (sulfide) groups is 1. The summed E-state index contributed by atoms with van der Waals surface area (Å²) in [7, 11) is 0. The summed E-state index contributed by atoms with van der Waals surface area (Å²) in [4.78, 5) is 34.4. The molecular formula is C28H29Cl3N4O3S. The van der Waals surface area contributed by atoms with Crippen molar-refractivity contribution in [1.82, 2.24) is 15.6 Å². The van der Waals surface area contributed by atoms with Crippen molar-refractivity contribution in [1.29, 1.82) is 0 Å². The van der Waals surface area contributed by atoms with E-state index in [0.717, 1.165) is 22.7 Å². The van der Waals surface area contributed by atoms with E-state index in [4.69, 9.17) is 44.5 Å². The van der Waals surface area contributed by atoms with Crippen LogP contribution in [0, 0.1) is 5.41 Å². The van der Waals surface area contributed by atoms with E-state index in [-0.39, 0.29) is 11.1 Å². The van der Waals surface area contributed by atoms with Gasteiger partial charge in [0.15, 0.2) is 10.6 Å². The number of esters is 1. The molecular weight excluding hydrogens is 579 g/mol. The molecule has 0 aliphatic heterocycles. The average Bonchev–Trinajstić information content (AvgIpc) is 2.86. The third kappa shape index (κ3) is 9.72. The third-order valence-electron chi connectivity index (χ3n) is 5.10. The number of ether oxygens (including phenoxy) is 1. The van der Waals surface area contributed by atoms with Crippen molar-refractivity contribution < 1.29 is 14.3 Å². The van der Waals surface area contributed by atoms with Gasteiger partial charge in [0.2, 0.25) is 9.70 Å². The number of carbonyl (C=O) groups is 2. The summed E-state index contributed by atoms with van der Waals surface area (Å²) in [6.07, 6.45) is 3.46. The number of amidine groups is 1. The van der Waals surface area contributed by atoms with Crippen LogP contribution in [0.15, 0.2) is 77.9 Å². The highest BCUT2D eigenvalue weighted by Crippen LogP contribution is 2.31. The summed E-state index contributed by atoms with van der Waals surface area (Å²) < 4.78 is 3.64. The predicted octanol–water partition coefficient (Wildman–Crippen LogP) is 7.01. The second-order valence-electron chi connectivity index (χ2n) is 9.48. The summed E-state index contributed by atoms with van der Waals surface area (Å²) >= 11 is 19.8. The molecule has 2 N–H and O–H groups in total. The normalized spacial score (nSPS) is 14.2. The van der Waals surface area contributed by atoms with E-state index >= 15 is 0 Å². The molecule has 2 unspecified atom stereocenters. The second-order valence-corrected chi connectivity index (χ2v) is 13.1. The Hall–Kier alpha value is -2.78. The highest BCUT2D eigenvalue weighted by atomic mass is 35.6. The Morgan fingerprint density at radius 3 is 2.36 bits per heavy atom. The number of alkyl halides is 3. The minimum atomic E-state index is -1.96. The van der Waals surface area contributed by atoms with E-state index < -0.39 is 26.7 Å². The van der Waals surface area contributed by atoms with E-state index in [0.29, 0.717) is 11.2 Å². The fraction of sp³-hybridized carbons (Fsp3) is 0.286. The number of benzene rings is 2. The van der Waals surface area contributed by atoms with Gasteiger partial charge in [-0.15, -0.1) is 0 Å². The molecule has 3 aromatic rings. The van der Waals surface area contributed by atoms with E-state index in [1.807, 2.05) is 54.6 Å². The van der Waals surface area contributed by atoms with Crippen LogP contribution >= 0.6 is 46.6 Å². The number of carbonyl (C=O) groups excluding carboxylic acids is 2. The summed E-state index contributed by atoms with van der Waals surface area (Å²) in [6, 6.07) is 18.6. The Kier molecular flexibility index (Phi) is 10.7. The van der Waals surface area contributed by atoms with Crippen LogP contribution in [-0.4, -0.2) is 37.4 Å². The second kappa shape index (κ2) is 13.5. The number of amides is 1. The molecule has 11 heteroatoms. The number of para-hydroxylation sites is 1. The molecule has 3 rings (SSSR count). The molecule has 1 amide bonds. The zero-order valence-corrected chi connectivity index (χ0v) is 24.9. The number of halogens is 3. The first-order valence-electron chi connectivity index (χ1n) is 12.0. The van der Waals surface area contributed by atoms with Crippen LogP contribution in [0.2, 0.25) is 0 Å². The lowest BCUT2D eigenvalue weighted by atomic mass is 9.97. The maximum Gasteiger partial charge on any atom is 0.312 e. The molecule has 0 aliphatic carbocycles. The first-order valence-corrected chi connectivity index (χ1v) is 14.0. The first-order chi connectivity index (χ1) is 18.3. The van der Waals surface area contributed by atoms with Gasteiger partial charge in [-0.25, -0.2) is 4.99 Å². The molecule has 2 atom stereocenters. The Morgan fingerprint density at radius 2 is 1.69 bits per heavy atom. The van der Waals surface area contributed by atoms with Gasteiger partial charge in [-0.2, -0.15) is 0 Å². The highest BCUT2D eigenvalue weighted by Gasteiger charge is 2.35. The standard InChI is InChI=1S/C28H29Cl3N4O3S/c1-18(38-25(37)27(2,3)4)39-26(33-21-14-8-12-20-13-9-17-32-23(20)21)35-24(28(29,30)31)34-22(36)16-15-19-10-6-5-7-11-19/h5-18,24H,1-4H3,(H,33,35)(H,34,36)/b16-15+. The van der Waals surface area contributed by atoms with Crippen LogP contribution < -0.4 is 10.6 Å². The summed E-state index contributed by atoms with van der Waals surface area (Å²) in [5.74, 6) is -0.878. The summed E-state index contributed by atoms with van der Waals surface area (Å²) in [5.41, 5.74) is 0.672. The number of aliphatic imine (C=N–C) groups is 1. The number of fused-ring (bicyclic) bond motifs is 1. The van der Waals surface area contributed by atoms with Gasteiger partial charge < -0.3 is 15.4 Å². The SMILES string of the molecule is CC(OC(=O)C(C)(C)C)S/C(=N/c1cccc2cccnc12)NC(NC(=O)/C=C/c1ccccc1)C(Cl)(Cl)Cl. The zero-order valence-electron chi connectivity index (χ0n) is 21.8. The first kappa shape index (κ1) is 30.8. The van der Waals surface area contributed by atoms with Crippen molar-refractivity contribution in [2.24, 2.45) is 10.4 Å². The molecule has 0 spiro atoms. The molecule has 0 saturated heterocycles. The molecule has 206 valence electrons. The number of rotatable bonds is 7. The van der Waals surface area contributed by atoms with Gasteiger partial charge in [0.1, 0.15) is 6.17 Å². The molecule has 0 fully saturated rings. The quantitative estimate of drug-likeness (QED) is 0.0750. The number of pyridine rings is 1. The number of nitrogens with zero attached hydrogens (tertiary/aromatic N) is 2. The molecule has 0 saturated carbocycles. The van der Waals surface area contributed by atoms with Gasteiger partial charge in [0, 0.05) is 17.7 Å². The van der Waals surface area contributed by atoms with Crippen molar-refractivity contribution in [2.45, 2.75) is 43.1 Å². The minimum absolute atomic E-state index is 0.242. The molecule has 0 bridgehead atoms. The van der Waals surface area contributed by atoms with Gasteiger partial charge in [-0.3, -0.25) is 14.6 Å². The van der Waals surface area contributed by atoms with Crippen molar-refractivity contribution >= 4 is 86.3 Å². The maximum atomic E-state index is 12.7. The summed E-state index contributed by atoms with van der Waals surface area (Å²) in [6.45, 7) is 7.00. The van der Waals surface area contributed by atoms with Crippen molar-refractivity contribution in [3.63, 3.8) is 0 Å². The third-order valence-corrected chi connectivity index (χ3v) is 6.62. The van der Waals surface area contributed by atoms with Gasteiger partial charge in [-0.1, -0.05) is 83.3 Å². The Balaban J connectivity index is 1.90. The van der Waals surface area contributed by atoms with Crippen LogP contribution in [0.25, 0.3) is 17.0 Å². The van der Waals surface area contributed by atoms with Crippen LogP contribution in [-0.2, 0) is 14.3 Å². The van der Waals surface area contributed by atoms with E-state index in [2.05, 4.69) is 15.6 Å². The Labute approximate surface area is 247 Å². The largest absolute Gasteiger partial charge is 0.451 e. The van der Waals surface area contributed by atoms with Gasteiger partial charge in [-0.05, 0) is 63.2 Å². The minimum Gasteiger partial charge on any atom is -0.451 e. The number of hydrogen-bond acceptors (Lipinski definition) is 6. The predicted molar refractivity (Wildman–Crippen MR) is 162 cm³/mol. The lowest BCUT2D eigenvalue weighted by Gasteiger charge is -2.28. The van der Waals surface area contributed by atoms with E-state index in [9.17, 15) is 9.59 Å². The van der Waals surface area contributed by atoms with Crippen LogP contribution in [0.5, 0.6) is 0 Å². The Morgan fingerprint density at radius 1 is 1.00 bits per heavy atom. The van der Waals surface area contributed by atoms with E-state index in [1.54, 1.807) is 46.0 Å². The number of hydrogen-bond donors (Lipinski definition) is 2. The van der Waals surface area contributed by atoms with Crippen LogP contribution in [0.3, 0.4) is 0 Å². The van der Waals surface area contributed by atoms with Crippen molar-refractivity contribution in [2.75, 3.05) is 0 Å². The maximum absolute atomic E-state index is 12.7. The number of nitrogens with one attached hydrogen (secondary N) is 2. The zero-order chi connectivity index (χ0) is 28.6. The molecule has 39 heavy (non-hydrogen) atoms. The molecule has 1 aromatic heterocycles. The molecule has 1 heterocycles. The smallest absolute Gasteiger partial charge is 0.312 e. The topological polar surface area (TPSA) is 92.7 Å². The van der Waals surface area contributed by atoms with Gasteiger partial charge >= 0.3 is 5.97 Å². The number of aromatic nitrogens is 1. The highest BCUT2D eigenvalue weighted by molar-refractivity contribution is 8.14. The van der Waals surface area contributed by atoms with E-state index in [1.165, 1.54) is 6.08 Å². The average molecular weight is 608 g/mol. The van der Waals surface area contributed by atoms with Gasteiger partial charge in [0.25, 0.3) is 0 Å². The fourth-order valence-electron chi connectivity index (χ4n) is 3.14. The molecule has 2 aromatic carbocycles.